The number of carbonyl (C=O) groups is 2. The van der Waals surface area contributed by atoms with Crippen LogP contribution < -0.4 is 12.4 Å². The van der Waals surface area contributed by atoms with Crippen molar-refractivity contribution in [1.29, 1.82) is 0 Å². The number of halogens is 1. The number of quaternary nitrogens is 1. The second-order valence-corrected chi connectivity index (χ2v) is 3.28. The Morgan fingerprint density at radius 1 is 1.13 bits per heavy atom. The zero-order valence-electron chi connectivity index (χ0n) is 9.62. The normalized spacial score (nSPS) is 8.53. The average molecular weight is 236 g/mol. The van der Waals surface area contributed by atoms with Gasteiger partial charge in [0.2, 0.25) is 0 Å². The van der Waals surface area contributed by atoms with Gasteiger partial charge in [0.25, 0.3) is 0 Å². The molecule has 0 unspecified atom stereocenters. The molecule has 0 aliphatic rings. The highest BCUT2D eigenvalue weighted by atomic mass is 35.5. The molecule has 0 aliphatic heterocycles. The van der Waals surface area contributed by atoms with E-state index < -0.39 is 5.97 Å². The maximum atomic E-state index is 10.7. The number of carbonyl (C=O) groups excluding carboxylic acids is 2. The van der Waals surface area contributed by atoms with Gasteiger partial charge in [0, 0.05) is 12.2 Å². The first-order chi connectivity index (χ1) is 6.29. The van der Waals surface area contributed by atoms with E-state index in [0.29, 0.717) is 4.48 Å². The topological polar surface area (TPSA) is 43.4 Å². The van der Waals surface area contributed by atoms with E-state index in [1.807, 2.05) is 21.1 Å². The lowest BCUT2D eigenvalue weighted by molar-refractivity contribution is -0.789. The number of methoxy groups -OCH3 is 1. The smallest absolute Gasteiger partial charge is 0.337 e. The third kappa shape index (κ3) is 12.9. The molecular weight excluding hydrogens is 218 g/mol. The van der Waals surface area contributed by atoms with E-state index in [0.717, 1.165) is 6.08 Å². The van der Waals surface area contributed by atoms with Gasteiger partial charge < -0.3 is 17.1 Å². The maximum Gasteiger partial charge on any atom is 0.337 e. The molecule has 0 aromatic carbocycles. The zero-order chi connectivity index (χ0) is 11.8. The van der Waals surface area contributed by atoms with Crippen LogP contribution in [0.1, 0.15) is 0 Å². The molecule has 0 saturated heterocycles. The molecule has 0 rings (SSSR count). The SMILES string of the molecule is C=CC(=O)OC.C=CC(=O)[N+](C)(C)C.[Cl-]. The van der Waals surface area contributed by atoms with Crippen LogP contribution in [0.5, 0.6) is 0 Å². The van der Waals surface area contributed by atoms with Gasteiger partial charge in [-0.3, -0.25) is 4.48 Å². The van der Waals surface area contributed by atoms with E-state index in [4.69, 9.17) is 0 Å². The van der Waals surface area contributed by atoms with Gasteiger partial charge >= 0.3 is 11.9 Å². The standard InChI is InChI=1S/C6H12NO.C4H6O2.ClH/c1-5-6(8)7(2,3)4;1-3-4(5)6-2;/h5H,1H2,2-4H3;3H,1H2,2H3;1H/q+1;;/p-1. The van der Waals surface area contributed by atoms with Gasteiger partial charge in [-0.1, -0.05) is 13.2 Å². The summed E-state index contributed by atoms with van der Waals surface area (Å²) in [7, 11) is 6.74. The van der Waals surface area contributed by atoms with E-state index in [1.54, 1.807) is 0 Å². The molecule has 1 amide bonds. The summed E-state index contributed by atoms with van der Waals surface area (Å²) < 4.78 is 4.47. The number of rotatable bonds is 2. The minimum absolute atomic E-state index is 0. The third-order valence-electron chi connectivity index (χ3n) is 1.20. The van der Waals surface area contributed by atoms with Crippen LogP contribution in [0.15, 0.2) is 25.3 Å². The van der Waals surface area contributed by atoms with E-state index in [1.165, 1.54) is 13.2 Å². The lowest BCUT2D eigenvalue weighted by atomic mass is 10.5. The number of hydrogen-bond acceptors (Lipinski definition) is 3. The van der Waals surface area contributed by atoms with Crippen molar-refractivity contribution in [1.82, 2.24) is 0 Å². The molecule has 0 bridgehead atoms. The summed E-state index contributed by atoms with van der Waals surface area (Å²) in [4.78, 5) is 20.5. The quantitative estimate of drug-likeness (QED) is 0.309. The van der Waals surface area contributed by atoms with Gasteiger partial charge in [-0.05, 0) is 0 Å². The summed E-state index contributed by atoms with van der Waals surface area (Å²) in [6.07, 6.45) is 2.44. The van der Waals surface area contributed by atoms with Crippen molar-refractivity contribution >= 4 is 11.9 Å². The zero-order valence-corrected chi connectivity index (χ0v) is 10.4. The highest BCUT2D eigenvalue weighted by molar-refractivity contribution is 5.81. The molecule has 0 fully saturated rings. The Balaban J connectivity index is -0.000000187. The molecule has 0 atom stereocenters. The monoisotopic (exact) mass is 235 g/mol. The number of ether oxygens (including phenoxy) is 1. The van der Waals surface area contributed by atoms with Gasteiger partial charge in [0.1, 0.15) is 0 Å². The van der Waals surface area contributed by atoms with Gasteiger partial charge in [-0.25, -0.2) is 9.59 Å². The van der Waals surface area contributed by atoms with Crippen LogP contribution in [0.25, 0.3) is 0 Å². The van der Waals surface area contributed by atoms with Gasteiger partial charge in [0.05, 0.1) is 28.3 Å². The van der Waals surface area contributed by atoms with Crippen LogP contribution in [0.4, 0.5) is 0 Å². The van der Waals surface area contributed by atoms with Crippen LogP contribution in [0, 0.1) is 0 Å². The first-order valence-electron chi connectivity index (χ1n) is 3.98. The average Bonchev–Trinajstić information content (AvgIpc) is 2.14. The van der Waals surface area contributed by atoms with Gasteiger partial charge in [-0.2, -0.15) is 0 Å². The van der Waals surface area contributed by atoms with Crippen molar-refractivity contribution in [3.63, 3.8) is 0 Å². The summed E-state index contributed by atoms with van der Waals surface area (Å²) in [6.45, 7) is 6.52. The summed E-state index contributed by atoms with van der Waals surface area (Å²) in [5, 5.41) is 0. The highest BCUT2D eigenvalue weighted by Gasteiger charge is 2.14. The summed E-state index contributed by atoms with van der Waals surface area (Å²) in [5.74, 6) is -0.361. The molecule has 0 radical (unpaired) electrons. The Kier molecular flexibility index (Phi) is 12.2. The Morgan fingerprint density at radius 2 is 1.53 bits per heavy atom. The Labute approximate surface area is 97.2 Å². The van der Waals surface area contributed by atoms with E-state index in [-0.39, 0.29) is 18.3 Å². The van der Waals surface area contributed by atoms with Crippen molar-refractivity contribution in [2.45, 2.75) is 0 Å². The third-order valence-corrected chi connectivity index (χ3v) is 1.20. The number of nitrogens with zero attached hydrogens (tertiary/aromatic N) is 1. The second-order valence-electron chi connectivity index (χ2n) is 3.28. The minimum atomic E-state index is -0.394. The highest BCUT2D eigenvalue weighted by Crippen LogP contribution is 1.90. The molecule has 88 valence electrons. The molecular formula is C10H18ClNO3. The largest absolute Gasteiger partial charge is 1.00 e. The fourth-order valence-electron chi connectivity index (χ4n) is 0.357. The van der Waals surface area contributed by atoms with E-state index >= 15 is 0 Å². The van der Waals surface area contributed by atoms with Crippen LogP contribution in [0.2, 0.25) is 0 Å². The predicted molar refractivity (Wildman–Crippen MR) is 55.4 cm³/mol. The summed E-state index contributed by atoms with van der Waals surface area (Å²) in [5.41, 5.74) is 0. The van der Waals surface area contributed by atoms with Crippen molar-refractivity contribution in [3.8, 4) is 0 Å². The predicted octanol–water partition coefficient (Wildman–Crippen LogP) is -2.25. The van der Waals surface area contributed by atoms with Crippen molar-refractivity contribution in [3.05, 3.63) is 25.3 Å². The summed E-state index contributed by atoms with van der Waals surface area (Å²) in [6, 6.07) is 0. The molecule has 15 heavy (non-hydrogen) atoms. The molecule has 0 aliphatic carbocycles. The van der Waals surface area contributed by atoms with Crippen molar-refractivity contribution in [2.24, 2.45) is 0 Å². The lowest BCUT2D eigenvalue weighted by Gasteiger charge is -2.17. The Bertz CT molecular complexity index is 231. The Hall–Kier alpha value is -1.13. The second kappa shape index (κ2) is 9.43. The molecule has 0 aromatic rings. The van der Waals surface area contributed by atoms with Crippen LogP contribution in [0.3, 0.4) is 0 Å². The molecule has 0 heterocycles. The van der Waals surface area contributed by atoms with Gasteiger partial charge in [0.15, 0.2) is 0 Å². The molecule has 0 aromatic heterocycles. The van der Waals surface area contributed by atoms with Crippen LogP contribution in [-0.4, -0.2) is 44.6 Å². The molecule has 0 N–H and O–H groups in total. The molecule has 5 heteroatoms. The maximum absolute atomic E-state index is 10.7. The molecule has 0 spiro atoms. The Morgan fingerprint density at radius 3 is 1.53 bits per heavy atom. The number of esters is 1. The lowest BCUT2D eigenvalue weighted by Crippen LogP contribution is -3.00. The number of likely N-dealkylation sites (N-methyl/N-ethyl adjacent to an activating group) is 1. The van der Waals surface area contributed by atoms with Crippen LogP contribution in [-0.2, 0) is 14.3 Å². The number of hydrogen-bond donors (Lipinski definition) is 0. The van der Waals surface area contributed by atoms with Gasteiger partial charge in [-0.15, -0.1) is 0 Å². The van der Waals surface area contributed by atoms with Crippen molar-refractivity contribution in [2.75, 3.05) is 28.3 Å². The van der Waals surface area contributed by atoms with Crippen LogP contribution >= 0.6 is 0 Å². The first kappa shape index (κ1) is 19.4. The molecule has 0 saturated carbocycles. The molecule has 4 nitrogen and oxygen atoms in total. The fraction of sp³-hybridized carbons (Fsp3) is 0.400. The van der Waals surface area contributed by atoms with E-state index in [2.05, 4.69) is 17.9 Å². The number of amides is 1. The minimum Gasteiger partial charge on any atom is -1.00 e. The summed E-state index contributed by atoms with van der Waals surface area (Å²) >= 11 is 0. The van der Waals surface area contributed by atoms with E-state index in [9.17, 15) is 9.59 Å². The van der Waals surface area contributed by atoms with Crippen molar-refractivity contribution < 1.29 is 31.2 Å². The fourth-order valence-corrected chi connectivity index (χ4v) is 0.357. The first-order valence-corrected chi connectivity index (χ1v) is 3.98.